The summed E-state index contributed by atoms with van der Waals surface area (Å²) < 4.78 is 113. The second-order valence-electron chi connectivity index (χ2n) is 3.86. The quantitative estimate of drug-likeness (QED) is 0.544. The highest BCUT2D eigenvalue weighted by Crippen LogP contribution is 2.56. The van der Waals surface area contributed by atoms with Gasteiger partial charge in [0.2, 0.25) is 11.2 Å². The first kappa shape index (κ1) is 19.8. The van der Waals surface area contributed by atoms with Crippen LogP contribution >= 0.6 is 0 Å². The van der Waals surface area contributed by atoms with Crippen molar-refractivity contribution in [3.8, 4) is 0 Å². The van der Waals surface area contributed by atoms with Gasteiger partial charge in [0.15, 0.2) is 0 Å². The number of alkyl halides is 8. The molecule has 0 aliphatic carbocycles. The summed E-state index contributed by atoms with van der Waals surface area (Å²) in [5.41, 5.74) is -9.25. The van der Waals surface area contributed by atoms with E-state index in [1.54, 1.807) is 0 Å². The number of hydrogen-bond donors (Lipinski definition) is 0. The maximum atomic E-state index is 14.2. The van der Waals surface area contributed by atoms with Crippen molar-refractivity contribution in [3.63, 3.8) is 0 Å². The first-order valence-corrected chi connectivity index (χ1v) is 5.13. The van der Waals surface area contributed by atoms with E-state index in [0.717, 1.165) is 0 Å². The highest BCUT2D eigenvalue weighted by Gasteiger charge is 2.82. The van der Waals surface area contributed by atoms with Crippen LogP contribution in [0.1, 0.15) is 0 Å². The predicted molar refractivity (Wildman–Crippen MR) is 56.9 cm³/mol. The Hall–Kier alpha value is -1.16. The number of hydrogen-bond acceptors (Lipinski definition) is 2. The van der Waals surface area contributed by atoms with Crippen LogP contribution in [0.3, 0.4) is 0 Å². The van der Waals surface area contributed by atoms with Crippen molar-refractivity contribution in [1.29, 1.82) is 0 Å². The van der Waals surface area contributed by atoms with Gasteiger partial charge in [0.1, 0.15) is 0 Å². The Labute approximate surface area is 115 Å². The summed E-state index contributed by atoms with van der Waals surface area (Å²) in [4.78, 5) is 0. The predicted octanol–water partition coefficient (Wildman–Crippen LogP) is 3.89. The van der Waals surface area contributed by atoms with Gasteiger partial charge in [0.25, 0.3) is 0 Å². The molecule has 0 N–H and O–H groups in total. The Bertz CT molecular complexity index is 364. The molecule has 2 unspecified atom stereocenters. The molecule has 0 spiro atoms. The van der Waals surface area contributed by atoms with Crippen molar-refractivity contribution >= 4 is 0 Å². The standard InChI is InChI=1S/C11H12F8O2/c1-5-7(20-3,10(14,15)16)9(12,13)8(6-2,21-4)11(17,18)19/h5-6H,1-2H2,3-4H3. The first-order valence-electron chi connectivity index (χ1n) is 5.13. The third kappa shape index (κ3) is 2.44. The Balaban J connectivity index is 6.61. The Morgan fingerprint density at radius 3 is 1.00 bits per heavy atom. The van der Waals surface area contributed by atoms with E-state index in [1.807, 2.05) is 0 Å². The molecular weight excluding hydrogens is 316 g/mol. The molecule has 124 valence electrons. The Morgan fingerprint density at radius 2 is 0.905 bits per heavy atom. The maximum Gasteiger partial charge on any atom is 0.427 e. The summed E-state index contributed by atoms with van der Waals surface area (Å²) in [6.45, 7) is 5.04. The van der Waals surface area contributed by atoms with Crippen molar-refractivity contribution in [3.05, 3.63) is 25.3 Å². The Morgan fingerprint density at radius 1 is 0.667 bits per heavy atom. The summed E-state index contributed by atoms with van der Waals surface area (Å²) in [6.07, 6.45) is -12.7. The first-order chi connectivity index (χ1) is 9.24. The molecule has 0 saturated carbocycles. The molecule has 0 fully saturated rings. The van der Waals surface area contributed by atoms with Gasteiger partial charge >= 0.3 is 18.3 Å². The minimum atomic E-state index is -5.90. The smallest absolute Gasteiger partial charge is 0.360 e. The van der Waals surface area contributed by atoms with Crippen LogP contribution in [0.4, 0.5) is 35.1 Å². The van der Waals surface area contributed by atoms with E-state index in [0.29, 0.717) is 0 Å². The molecule has 0 heterocycles. The molecule has 0 radical (unpaired) electrons. The zero-order chi connectivity index (χ0) is 17.3. The highest BCUT2D eigenvalue weighted by atomic mass is 19.4. The van der Waals surface area contributed by atoms with Crippen molar-refractivity contribution in [1.82, 2.24) is 0 Å². The molecule has 0 aromatic carbocycles. The molecule has 0 rings (SSSR count). The SMILES string of the molecule is C=CC(OC)(C(F)(F)F)C(F)(F)C(C=C)(OC)C(F)(F)F. The van der Waals surface area contributed by atoms with Crippen molar-refractivity contribution in [2.45, 2.75) is 29.5 Å². The van der Waals surface area contributed by atoms with Crippen LogP contribution in [0.2, 0.25) is 0 Å². The zero-order valence-corrected chi connectivity index (χ0v) is 10.9. The molecule has 0 aromatic rings. The minimum Gasteiger partial charge on any atom is -0.360 e. The lowest BCUT2D eigenvalue weighted by atomic mass is 9.80. The fourth-order valence-electron chi connectivity index (χ4n) is 1.77. The lowest BCUT2D eigenvalue weighted by Gasteiger charge is -2.46. The fraction of sp³-hybridized carbons (Fsp3) is 0.636. The van der Waals surface area contributed by atoms with Gasteiger partial charge in [-0.15, -0.1) is 0 Å². The summed E-state index contributed by atoms with van der Waals surface area (Å²) in [7, 11) is 0.367. The van der Waals surface area contributed by atoms with E-state index in [4.69, 9.17) is 0 Å². The number of halogens is 8. The monoisotopic (exact) mass is 328 g/mol. The molecule has 10 heteroatoms. The summed E-state index contributed by atoms with van der Waals surface area (Å²) >= 11 is 0. The lowest BCUT2D eigenvalue weighted by Crippen LogP contribution is -2.72. The van der Waals surface area contributed by atoms with Gasteiger partial charge in [-0.05, 0) is 12.2 Å². The van der Waals surface area contributed by atoms with Crippen molar-refractivity contribution in [2.24, 2.45) is 0 Å². The second-order valence-corrected chi connectivity index (χ2v) is 3.86. The van der Waals surface area contributed by atoms with E-state index in [2.05, 4.69) is 22.6 Å². The van der Waals surface area contributed by atoms with Gasteiger partial charge in [-0.3, -0.25) is 0 Å². The van der Waals surface area contributed by atoms with Crippen LogP contribution in [0.15, 0.2) is 25.3 Å². The normalized spacial score (nSPS) is 19.5. The van der Waals surface area contributed by atoms with Gasteiger partial charge in [-0.25, -0.2) is 0 Å². The number of rotatable bonds is 6. The van der Waals surface area contributed by atoms with Crippen LogP contribution in [0, 0.1) is 0 Å². The molecule has 2 nitrogen and oxygen atoms in total. The maximum absolute atomic E-state index is 14.2. The van der Waals surface area contributed by atoms with Gasteiger partial charge in [0.05, 0.1) is 0 Å². The van der Waals surface area contributed by atoms with Crippen LogP contribution in [0.5, 0.6) is 0 Å². The molecule has 0 aliphatic heterocycles. The molecule has 0 saturated heterocycles. The van der Waals surface area contributed by atoms with Crippen LogP contribution < -0.4 is 0 Å². The van der Waals surface area contributed by atoms with Crippen LogP contribution in [-0.4, -0.2) is 43.7 Å². The van der Waals surface area contributed by atoms with Crippen LogP contribution in [-0.2, 0) is 9.47 Å². The van der Waals surface area contributed by atoms with E-state index >= 15 is 0 Å². The van der Waals surface area contributed by atoms with E-state index < -0.39 is 41.6 Å². The molecule has 0 bridgehead atoms. The summed E-state index contributed by atoms with van der Waals surface area (Å²) in [5, 5.41) is 0. The molecule has 0 amide bonds. The average molecular weight is 328 g/mol. The van der Waals surface area contributed by atoms with Gasteiger partial charge in [0, 0.05) is 14.2 Å². The lowest BCUT2D eigenvalue weighted by molar-refractivity contribution is -0.393. The van der Waals surface area contributed by atoms with Crippen LogP contribution in [0.25, 0.3) is 0 Å². The molecule has 0 aliphatic rings. The highest BCUT2D eigenvalue weighted by molar-refractivity contribution is 5.25. The average Bonchev–Trinajstić information content (AvgIpc) is 2.28. The molecule has 0 aromatic heterocycles. The Kier molecular flexibility index (Phi) is 5.25. The number of methoxy groups -OCH3 is 2. The second kappa shape index (κ2) is 5.56. The third-order valence-corrected chi connectivity index (χ3v) is 2.99. The minimum absolute atomic E-state index is 0.183. The van der Waals surface area contributed by atoms with E-state index in [9.17, 15) is 35.1 Å². The van der Waals surface area contributed by atoms with Gasteiger partial charge < -0.3 is 9.47 Å². The topological polar surface area (TPSA) is 18.5 Å². The number of ether oxygens (including phenoxy) is 2. The van der Waals surface area contributed by atoms with Crippen molar-refractivity contribution < 1.29 is 44.6 Å². The third-order valence-electron chi connectivity index (χ3n) is 2.99. The fourth-order valence-corrected chi connectivity index (χ4v) is 1.77. The largest absolute Gasteiger partial charge is 0.427 e. The van der Waals surface area contributed by atoms with E-state index in [-0.39, 0.29) is 14.2 Å². The summed E-state index contributed by atoms with van der Waals surface area (Å²) in [6, 6.07) is 0. The summed E-state index contributed by atoms with van der Waals surface area (Å²) in [5.74, 6) is -5.64. The molecule has 21 heavy (non-hydrogen) atoms. The van der Waals surface area contributed by atoms with E-state index in [1.165, 1.54) is 0 Å². The zero-order valence-electron chi connectivity index (χ0n) is 10.9. The van der Waals surface area contributed by atoms with Gasteiger partial charge in [-0.2, -0.15) is 35.1 Å². The van der Waals surface area contributed by atoms with Crippen molar-refractivity contribution in [2.75, 3.05) is 14.2 Å². The van der Waals surface area contributed by atoms with Gasteiger partial charge in [-0.1, -0.05) is 13.2 Å². The molecular formula is C11H12F8O2. The molecule has 2 atom stereocenters.